The van der Waals surface area contributed by atoms with E-state index in [-0.39, 0.29) is 5.91 Å². The van der Waals surface area contributed by atoms with Gasteiger partial charge in [0.2, 0.25) is 0 Å². The lowest BCUT2D eigenvalue weighted by atomic mass is 9.90. The van der Waals surface area contributed by atoms with Crippen molar-refractivity contribution >= 4 is 11.6 Å². The van der Waals surface area contributed by atoms with Gasteiger partial charge in [-0.15, -0.1) is 0 Å². The molecule has 0 unspecified atom stereocenters. The van der Waals surface area contributed by atoms with Crippen molar-refractivity contribution in [1.29, 1.82) is 0 Å². The summed E-state index contributed by atoms with van der Waals surface area (Å²) in [6, 6.07) is 5.18. The van der Waals surface area contributed by atoms with E-state index in [1.54, 1.807) is 23.1 Å². The summed E-state index contributed by atoms with van der Waals surface area (Å²) >= 11 is 0. The third-order valence-corrected chi connectivity index (χ3v) is 3.49. The molecule has 0 bridgehead atoms. The Bertz CT molecular complexity index is 482. The van der Waals surface area contributed by atoms with Crippen molar-refractivity contribution < 1.29 is 14.6 Å². The molecule has 1 heterocycles. The van der Waals surface area contributed by atoms with E-state index in [1.165, 1.54) is 0 Å². The number of β-amino-alcohol motifs (C(OH)–C–C–N with tert-alkyl or cyclic N) is 1. The molecule has 0 atom stereocenters. The van der Waals surface area contributed by atoms with Crippen LogP contribution >= 0.6 is 0 Å². The number of hydrogen-bond acceptors (Lipinski definition) is 4. The maximum Gasteiger partial charge on any atom is 0.259 e. The summed E-state index contributed by atoms with van der Waals surface area (Å²) in [5.41, 5.74) is 5.93. The van der Waals surface area contributed by atoms with Crippen molar-refractivity contribution in [2.75, 3.05) is 25.4 Å². The SMILES string of the molecule is CCOc1cccc(N)c1C(=O)N1CC(O)(CC)C1. The first-order chi connectivity index (χ1) is 9.00. The highest BCUT2D eigenvalue weighted by atomic mass is 16.5. The average molecular weight is 264 g/mol. The van der Waals surface area contributed by atoms with Crippen LogP contribution in [-0.2, 0) is 0 Å². The van der Waals surface area contributed by atoms with Crippen molar-refractivity contribution in [3.8, 4) is 5.75 Å². The molecule has 1 aromatic rings. The van der Waals surface area contributed by atoms with Gasteiger partial charge in [0.1, 0.15) is 11.3 Å². The number of nitrogen functional groups attached to an aromatic ring is 1. The van der Waals surface area contributed by atoms with Crippen LogP contribution in [-0.4, -0.2) is 41.2 Å². The standard InChI is InChI=1S/C14H20N2O3/c1-3-14(18)8-16(9-14)13(17)12-10(15)6-5-7-11(12)19-4-2/h5-7,18H,3-4,8-9,15H2,1-2H3. The Morgan fingerprint density at radius 3 is 2.74 bits per heavy atom. The lowest BCUT2D eigenvalue weighted by Crippen LogP contribution is -2.63. The number of nitrogens with two attached hydrogens (primary N) is 1. The molecule has 19 heavy (non-hydrogen) atoms. The molecule has 0 radical (unpaired) electrons. The second kappa shape index (κ2) is 5.09. The van der Waals surface area contributed by atoms with E-state index < -0.39 is 5.60 Å². The van der Waals surface area contributed by atoms with Crippen molar-refractivity contribution in [3.05, 3.63) is 23.8 Å². The van der Waals surface area contributed by atoms with E-state index in [9.17, 15) is 9.90 Å². The lowest BCUT2D eigenvalue weighted by molar-refractivity contribution is -0.0827. The van der Waals surface area contributed by atoms with Gasteiger partial charge in [-0.05, 0) is 25.5 Å². The van der Waals surface area contributed by atoms with E-state index in [0.717, 1.165) is 0 Å². The maximum absolute atomic E-state index is 12.4. The summed E-state index contributed by atoms with van der Waals surface area (Å²) in [5, 5.41) is 9.97. The number of amides is 1. The molecule has 3 N–H and O–H groups in total. The second-order valence-corrected chi connectivity index (χ2v) is 4.89. The minimum atomic E-state index is -0.745. The number of benzene rings is 1. The molecule has 5 heteroatoms. The first-order valence-electron chi connectivity index (χ1n) is 6.53. The molecule has 0 saturated carbocycles. The number of likely N-dealkylation sites (tertiary alicyclic amines) is 1. The number of anilines is 1. The first-order valence-corrected chi connectivity index (χ1v) is 6.53. The molecular formula is C14H20N2O3. The number of hydrogen-bond donors (Lipinski definition) is 2. The van der Waals surface area contributed by atoms with Gasteiger partial charge in [-0.25, -0.2) is 0 Å². The molecule has 0 aliphatic carbocycles. The molecule has 1 fully saturated rings. The Morgan fingerprint density at radius 2 is 2.16 bits per heavy atom. The Labute approximate surface area is 113 Å². The second-order valence-electron chi connectivity index (χ2n) is 4.89. The molecule has 1 aliphatic rings. The fourth-order valence-corrected chi connectivity index (χ4v) is 2.24. The zero-order valence-electron chi connectivity index (χ0n) is 11.3. The maximum atomic E-state index is 12.4. The number of rotatable bonds is 4. The van der Waals surface area contributed by atoms with Gasteiger partial charge in [0.15, 0.2) is 0 Å². The Kier molecular flexibility index (Phi) is 3.66. The Morgan fingerprint density at radius 1 is 1.47 bits per heavy atom. The van der Waals surface area contributed by atoms with E-state index in [0.29, 0.717) is 43.1 Å². The van der Waals surface area contributed by atoms with Gasteiger partial charge in [-0.1, -0.05) is 13.0 Å². The highest BCUT2D eigenvalue weighted by Gasteiger charge is 2.43. The van der Waals surface area contributed by atoms with Crippen molar-refractivity contribution in [2.45, 2.75) is 25.9 Å². The van der Waals surface area contributed by atoms with E-state index >= 15 is 0 Å². The van der Waals surface area contributed by atoms with Crippen LogP contribution < -0.4 is 10.5 Å². The highest BCUT2D eigenvalue weighted by Crippen LogP contribution is 2.31. The topological polar surface area (TPSA) is 75.8 Å². The molecule has 1 aliphatic heterocycles. The summed E-state index contributed by atoms with van der Waals surface area (Å²) in [5.74, 6) is 0.319. The van der Waals surface area contributed by atoms with Gasteiger partial charge >= 0.3 is 0 Å². The Hall–Kier alpha value is -1.75. The molecule has 1 saturated heterocycles. The molecule has 1 amide bonds. The van der Waals surface area contributed by atoms with Crippen LogP contribution in [0.4, 0.5) is 5.69 Å². The molecule has 0 spiro atoms. The monoisotopic (exact) mass is 264 g/mol. The van der Waals surface area contributed by atoms with Crippen LogP contribution in [0.15, 0.2) is 18.2 Å². The van der Waals surface area contributed by atoms with E-state index in [4.69, 9.17) is 10.5 Å². The zero-order chi connectivity index (χ0) is 14.0. The van der Waals surface area contributed by atoms with Crippen LogP contribution in [0.2, 0.25) is 0 Å². The predicted octanol–water partition coefficient (Wildman–Crippen LogP) is 1.26. The third-order valence-electron chi connectivity index (χ3n) is 3.49. The van der Waals surface area contributed by atoms with Gasteiger partial charge in [0, 0.05) is 5.69 Å². The zero-order valence-corrected chi connectivity index (χ0v) is 11.3. The number of ether oxygens (including phenoxy) is 1. The number of aliphatic hydroxyl groups is 1. The van der Waals surface area contributed by atoms with Gasteiger partial charge < -0.3 is 20.5 Å². The summed E-state index contributed by atoms with van der Waals surface area (Å²) < 4.78 is 5.45. The largest absolute Gasteiger partial charge is 0.493 e. The van der Waals surface area contributed by atoms with Gasteiger partial charge in [0.05, 0.1) is 25.3 Å². The van der Waals surface area contributed by atoms with Gasteiger partial charge in [0.25, 0.3) is 5.91 Å². The summed E-state index contributed by atoms with van der Waals surface area (Å²) in [7, 11) is 0. The number of carbonyl (C=O) groups is 1. The normalized spacial score (nSPS) is 16.9. The van der Waals surface area contributed by atoms with Crippen LogP contribution in [0, 0.1) is 0 Å². The minimum Gasteiger partial charge on any atom is -0.493 e. The molecular weight excluding hydrogens is 244 g/mol. The molecule has 2 rings (SSSR count). The molecule has 1 aromatic carbocycles. The summed E-state index contributed by atoms with van der Waals surface area (Å²) in [6.45, 7) is 4.94. The van der Waals surface area contributed by atoms with Crippen LogP contribution in [0.25, 0.3) is 0 Å². The predicted molar refractivity (Wildman–Crippen MR) is 73.2 cm³/mol. The summed E-state index contributed by atoms with van der Waals surface area (Å²) in [4.78, 5) is 14.0. The molecule has 104 valence electrons. The quantitative estimate of drug-likeness (QED) is 0.803. The summed E-state index contributed by atoms with van der Waals surface area (Å²) in [6.07, 6.45) is 0.638. The van der Waals surface area contributed by atoms with Crippen LogP contribution in [0.3, 0.4) is 0 Å². The van der Waals surface area contributed by atoms with Crippen molar-refractivity contribution in [1.82, 2.24) is 4.90 Å². The van der Waals surface area contributed by atoms with Gasteiger partial charge in [-0.3, -0.25) is 4.79 Å². The Balaban J connectivity index is 2.20. The van der Waals surface area contributed by atoms with Crippen LogP contribution in [0.1, 0.15) is 30.6 Å². The first kappa shape index (κ1) is 13.7. The molecule has 0 aromatic heterocycles. The van der Waals surface area contributed by atoms with E-state index in [2.05, 4.69) is 0 Å². The molecule has 5 nitrogen and oxygen atoms in total. The van der Waals surface area contributed by atoms with Crippen molar-refractivity contribution in [3.63, 3.8) is 0 Å². The highest BCUT2D eigenvalue weighted by molar-refractivity contribution is 6.02. The minimum absolute atomic E-state index is 0.181. The average Bonchev–Trinajstić information content (AvgIpc) is 2.35. The van der Waals surface area contributed by atoms with Crippen molar-refractivity contribution in [2.24, 2.45) is 0 Å². The van der Waals surface area contributed by atoms with E-state index in [1.807, 2.05) is 13.8 Å². The van der Waals surface area contributed by atoms with Gasteiger partial charge in [-0.2, -0.15) is 0 Å². The lowest BCUT2D eigenvalue weighted by Gasteiger charge is -2.46. The smallest absolute Gasteiger partial charge is 0.259 e. The third kappa shape index (κ3) is 2.51. The van der Waals surface area contributed by atoms with Crippen LogP contribution in [0.5, 0.6) is 5.75 Å². The fourth-order valence-electron chi connectivity index (χ4n) is 2.24. The fraction of sp³-hybridized carbons (Fsp3) is 0.500. The number of carbonyl (C=O) groups excluding carboxylic acids is 1. The number of nitrogens with zero attached hydrogens (tertiary/aromatic N) is 1.